The first kappa shape index (κ1) is 25.9. The number of piperidine rings is 1. The first-order valence-corrected chi connectivity index (χ1v) is 12.1. The van der Waals surface area contributed by atoms with Gasteiger partial charge in [-0.25, -0.2) is 0 Å². The largest absolute Gasteiger partial charge is 0.394 e. The molecule has 0 bridgehead atoms. The van der Waals surface area contributed by atoms with Crippen LogP contribution in [0.25, 0.3) is 0 Å². The lowest BCUT2D eigenvalue weighted by Crippen LogP contribution is -2.47. The first-order chi connectivity index (χ1) is 15.2. The van der Waals surface area contributed by atoms with Gasteiger partial charge in [-0.05, 0) is 50.9 Å². The predicted octanol–water partition coefficient (Wildman–Crippen LogP) is 2.24. The zero-order chi connectivity index (χ0) is 23.7. The minimum atomic E-state index is -0.160. The van der Waals surface area contributed by atoms with E-state index < -0.39 is 0 Å². The van der Waals surface area contributed by atoms with Crippen LogP contribution in [0, 0.1) is 5.92 Å². The Balaban J connectivity index is 2.01. The van der Waals surface area contributed by atoms with Crippen molar-refractivity contribution in [3.8, 4) is 0 Å². The number of nitrogens with zero attached hydrogens (tertiary/aromatic N) is 3. The van der Waals surface area contributed by atoms with Gasteiger partial charge in [0.05, 0.1) is 0 Å². The summed E-state index contributed by atoms with van der Waals surface area (Å²) in [6.07, 6.45) is 5.73. The molecule has 0 unspecified atom stereocenters. The van der Waals surface area contributed by atoms with E-state index in [1.54, 1.807) is 4.90 Å². The van der Waals surface area contributed by atoms with E-state index in [2.05, 4.69) is 31.1 Å². The summed E-state index contributed by atoms with van der Waals surface area (Å²) in [7, 11) is 0. The van der Waals surface area contributed by atoms with Gasteiger partial charge in [-0.15, -0.1) is 0 Å². The molecule has 0 atom stereocenters. The van der Waals surface area contributed by atoms with E-state index in [1.165, 1.54) is 6.92 Å². The highest BCUT2D eigenvalue weighted by Gasteiger charge is 2.28. The fourth-order valence-corrected chi connectivity index (χ4v) is 4.31. The van der Waals surface area contributed by atoms with Gasteiger partial charge >= 0.3 is 0 Å². The van der Waals surface area contributed by atoms with Crippen molar-refractivity contribution >= 4 is 23.4 Å². The zero-order valence-electron chi connectivity index (χ0n) is 20.3. The summed E-state index contributed by atoms with van der Waals surface area (Å²) in [4.78, 5) is 45.2. The summed E-state index contributed by atoms with van der Waals surface area (Å²) >= 11 is 0. The van der Waals surface area contributed by atoms with Crippen molar-refractivity contribution in [2.75, 3.05) is 32.7 Å². The molecule has 32 heavy (non-hydrogen) atoms. The third kappa shape index (κ3) is 7.64. The number of allylic oxidation sites excluding steroid dienone is 1. The molecule has 0 spiro atoms. The zero-order valence-corrected chi connectivity index (χ0v) is 20.3. The van der Waals surface area contributed by atoms with Gasteiger partial charge in [-0.2, -0.15) is 0 Å². The van der Waals surface area contributed by atoms with E-state index in [9.17, 15) is 14.4 Å². The lowest BCUT2D eigenvalue weighted by molar-refractivity contribution is -0.130. The molecule has 8 heteroatoms. The third-order valence-electron chi connectivity index (χ3n) is 6.16. The minimum Gasteiger partial charge on any atom is -0.394 e. The average molecular weight is 448 g/mol. The van der Waals surface area contributed by atoms with Gasteiger partial charge in [0.1, 0.15) is 12.2 Å². The number of likely N-dealkylation sites (tertiary alicyclic amines) is 1. The van der Waals surface area contributed by atoms with Gasteiger partial charge in [0.25, 0.3) is 5.91 Å². The van der Waals surface area contributed by atoms with Gasteiger partial charge in [0.2, 0.25) is 11.8 Å². The predicted molar refractivity (Wildman–Crippen MR) is 127 cm³/mol. The van der Waals surface area contributed by atoms with Crippen molar-refractivity contribution in [3.63, 3.8) is 0 Å². The summed E-state index contributed by atoms with van der Waals surface area (Å²) in [5.74, 6) is 0.384. The molecule has 1 heterocycles. The summed E-state index contributed by atoms with van der Waals surface area (Å²) in [5.41, 5.74) is 8.16. The summed E-state index contributed by atoms with van der Waals surface area (Å²) in [6.45, 7) is 10.7. The summed E-state index contributed by atoms with van der Waals surface area (Å²) in [6, 6.07) is 0.113. The Morgan fingerprint density at radius 3 is 2.47 bits per heavy atom. The number of aliphatic imine (C=N–C) groups is 1. The molecule has 2 rings (SSSR count). The number of hydrogen-bond acceptors (Lipinski definition) is 5. The van der Waals surface area contributed by atoms with Gasteiger partial charge < -0.3 is 20.9 Å². The van der Waals surface area contributed by atoms with Crippen LogP contribution >= 0.6 is 0 Å². The van der Waals surface area contributed by atoms with Crippen molar-refractivity contribution < 1.29 is 14.4 Å². The van der Waals surface area contributed by atoms with Crippen LogP contribution in [0.5, 0.6) is 0 Å². The third-order valence-corrected chi connectivity index (χ3v) is 6.16. The van der Waals surface area contributed by atoms with E-state index in [0.29, 0.717) is 19.0 Å². The molecular formula is C24H41N5O3. The quantitative estimate of drug-likeness (QED) is 0.528. The van der Waals surface area contributed by atoms with Gasteiger partial charge in [0, 0.05) is 50.4 Å². The molecule has 180 valence electrons. The number of nitrogens with two attached hydrogens (primary N) is 1. The first-order valence-electron chi connectivity index (χ1n) is 12.1. The Labute approximate surface area is 192 Å². The maximum absolute atomic E-state index is 13.0. The molecule has 1 aliphatic heterocycles. The standard InChI is InChI=1S/C24H41N5O3/c1-5-12-28(13-9-17(2)3)22(31)16-26-21-8-6-7-20(21)23(25)24(32)29-14-10-19(11-15-29)27-18(4)30/h17,19H,5-16,25H2,1-4H3,(H,27,30)/b23-20-,26-21?. The van der Waals surface area contributed by atoms with Crippen molar-refractivity contribution in [3.05, 3.63) is 11.3 Å². The Bertz CT molecular complexity index is 736. The van der Waals surface area contributed by atoms with Crippen LogP contribution in [-0.4, -0.2) is 72.0 Å². The molecule has 1 aliphatic carbocycles. The number of rotatable bonds is 9. The monoisotopic (exact) mass is 447 g/mol. The molecule has 0 aromatic carbocycles. The Kier molecular flexibility index (Phi) is 10.2. The number of hydrogen-bond donors (Lipinski definition) is 2. The van der Waals surface area contributed by atoms with Crippen LogP contribution in [0.15, 0.2) is 16.3 Å². The highest BCUT2D eigenvalue weighted by atomic mass is 16.2. The minimum absolute atomic E-state index is 0.0381. The lowest BCUT2D eigenvalue weighted by Gasteiger charge is -2.32. The highest BCUT2D eigenvalue weighted by Crippen LogP contribution is 2.25. The second-order valence-electron chi connectivity index (χ2n) is 9.34. The van der Waals surface area contributed by atoms with Crippen molar-refractivity contribution in [2.24, 2.45) is 16.6 Å². The number of nitrogens with one attached hydrogen (secondary N) is 1. The summed E-state index contributed by atoms with van der Waals surface area (Å²) < 4.78 is 0. The van der Waals surface area contributed by atoms with Gasteiger partial charge in [0.15, 0.2) is 0 Å². The van der Waals surface area contributed by atoms with Gasteiger partial charge in [-0.3, -0.25) is 19.4 Å². The number of amides is 3. The van der Waals surface area contributed by atoms with Gasteiger partial charge in [-0.1, -0.05) is 20.8 Å². The van der Waals surface area contributed by atoms with E-state index >= 15 is 0 Å². The molecule has 1 saturated heterocycles. The normalized spacial score (nSPS) is 20.0. The van der Waals surface area contributed by atoms with Crippen LogP contribution < -0.4 is 11.1 Å². The molecule has 0 radical (unpaired) electrons. The topological polar surface area (TPSA) is 108 Å². The van der Waals surface area contributed by atoms with E-state index in [0.717, 1.165) is 69.3 Å². The molecular weight excluding hydrogens is 406 g/mol. The average Bonchev–Trinajstić information content (AvgIpc) is 3.22. The molecule has 0 aromatic rings. The molecule has 3 N–H and O–H groups in total. The Morgan fingerprint density at radius 1 is 1.19 bits per heavy atom. The molecule has 0 aromatic heterocycles. The molecule has 1 saturated carbocycles. The molecule has 8 nitrogen and oxygen atoms in total. The second kappa shape index (κ2) is 12.6. The van der Waals surface area contributed by atoms with E-state index in [-0.39, 0.29) is 36.0 Å². The van der Waals surface area contributed by atoms with Crippen molar-refractivity contribution in [2.45, 2.75) is 78.7 Å². The fraction of sp³-hybridized carbons (Fsp3) is 0.750. The fourth-order valence-electron chi connectivity index (χ4n) is 4.31. The second-order valence-corrected chi connectivity index (χ2v) is 9.34. The van der Waals surface area contributed by atoms with Crippen LogP contribution in [0.1, 0.15) is 72.6 Å². The van der Waals surface area contributed by atoms with E-state index in [4.69, 9.17) is 5.73 Å². The van der Waals surface area contributed by atoms with Crippen LogP contribution in [0.3, 0.4) is 0 Å². The molecule has 2 fully saturated rings. The maximum atomic E-state index is 13.0. The summed E-state index contributed by atoms with van der Waals surface area (Å²) in [5, 5.41) is 2.92. The number of carbonyl (C=O) groups excluding carboxylic acids is 3. The molecule has 2 aliphatic rings. The van der Waals surface area contributed by atoms with Crippen LogP contribution in [-0.2, 0) is 14.4 Å². The van der Waals surface area contributed by atoms with E-state index in [1.807, 2.05) is 4.90 Å². The Hall–Kier alpha value is -2.38. The maximum Gasteiger partial charge on any atom is 0.270 e. The van der Waals surface area contributed by atoms with Crippen molar-refractivity contribution in [1.29, 1.82) is 0 Å². The van der Waals surface area contributed by atoms with Crippen LogP contribution in [0.2, 0.25) is 0 Å². The Morgan fingerprint density at radius 2 is 1.88 bits per heavy atom. The molecule has 3 amide bonds. The smallest absolute Gasteiger partial charge is 0.270 e. The SMILES string of the molecule is CCCN(CCC(C)C)C(=O)CN=C1CCC/C1=C(/N)C(=O)N1CCC(NC(C)=O)CC1. The van der Waals surface area contributed by atoms with Crippen molar-refractivity contribution in [1.82, 2.24) is 15.1 Å². The number of carbonyl (C=O) groups is 3. The highest BCUT2D eigenvalue weighted by molar-refractivity contribution is 6.09. The lowest BCUT2D eigenvalue weighted by atomic mass is 10.0. The van der Waals surface area contributed by atoms with Crippen LogP contribution in [0.4, 0.5) is 0 Å².